The Balaban J connectivity index is 1.36. The zero-order chi connectivity index (χ0) is 28.9. The number of phenols is 1. The van der Waals surface area contributed by atoms with E-state index in [2.05, 4.69) is 31.5 Å². The fraction of sp³-hybridized carbons (Fsp3) is 0.267. The molecule has 1 aromatic heterocycles. The number of thioether (sulfide) groups is 1. The summed E-state index contributed by atoms with van der Waals surface area (Å²) in [7, 11) is -3.44. The predicted octanol–water partition coefficient (Wildman–Crippen LogP) is 7.75. The van der Waals surface area contributed by atoms with E-state index < -0.39 is 9.84 Å². The fourth-order valence-electron chi connectivity index (χ4n) is 3.85. The van der Waals surface area contributed by atoms with Crippen molar-refractivity contribution in [3.05, 3.63) is 99.0 Å². The molecule has 0 aliphatic carbocycles. The molecule has 210 valence electrons. The smallest absolute Gasteiger partial charge is 0.255 e. The lowest BCUT2D eigenvalue weighted by Crippen LogP contribution is -2.12. The molecule has 40 heavy (non-hydrogen) atoms. The summed E-state index contributed by atoms with van der Waals surface area (Å²) in [6.45, 7) is 6.42. The molecule has 0 bridgehead atoms. The van der Waals surface area contributed by atoms with E-state index in [9.17, 15) is 18.3 Å². The van der Waals surface area contributed by atoms with Crippen LogP contribution in [0.5, 0.6) is 5.75 Å². The Morgan fingerprint density at radius 3 is 2.52 bits per heavy atom. The van der Waals surface area contributed by atoms with Gasteiger partial charge in [0.15, 0.2) is 9.84 Å². The lowest BCUT2D eigenvalue weighted by molar-refractivity contribution is 0.102. The molecule has 10 heteroatoms. The third-order valence-corrected chi connectivity index (χ3v) is 10.2. The number of hydrogen-bond acceptors (Lipinski definition) is 7. The topological polar surface area (TPSA) is 96.4 Å². The Morgan fingerprint density at radius 2 is 1.82 bits per heavy atom. The van der Waals surface area contributed by atoms with Crippen molar-refractivity contribution in [1.29, 1.82) is 0 Å². The maximum Gasteiger partial charge on any atom is 0.255 e. The first-order valence-corrected chi connectivity index (χ1v) is 16.6. The van der Waals surface area contributed by atoms with Gasteiger partial charge in [0.1, 0.15) is 10.8 Å². The quantitative estimate of drug-likeness (QED) is 0.140. The van der Waals surface area contributed by atoms with E-state index in [4.69, 9.17) is 16.6 Å². The molecular formula is C30H31ClN2O4S3. The number of hydrogen-bond donors (Lipinski definition) is 2. The summed E-state index contributed by atoms with van der Waals surface area (Å²) in [6.07, 6.45) is 0.856. The average molecular weight is 615 g/mol. The van der Waals surface area contributed by atoms with E-state index >= 15 is 0 Å². The summed E-state index contributed by atoms with van der Waals surface area (Å²) in [5.41, 5.74) is 2.64. The molecule has 0 saturated heterocycles. The minimum absolute atomic E-state index is 0.00932. The van der Waals surface area contributed by atoms with Gasteiger partial charge in [-0.25, -0.2) is 13.4 Å². The number of carbonyl (C=O) groups is 1. The van der Waals surface area contributed by atoms with E-state index in [1.165, 1.54) is 18.2 Å². The molecule has 0 radical (unpaired) electrons. The lowest BCUT2D eigenvalue weighted by atomic mass is 9.93. The van der Waals surface area contributed by atoms with Crippen LogP contribution in [-0.2, 0) is 27.4 Å². The highest BCUT2D eigenvalue weighted by Gasteiger charge is 2.18. The number of nitrogens with zero attached hydrogens (tertiary/aromatic N) is 1. The SMILES string of the molecule is CC(C)(C)c1csc(CSc2cccc(C(=O)Nc3cc(CCCS(=O)(=O)c4ccc(Cl)cc4)ccc3O)c2)n1. The number of thiazole rings is 1. The van der Waals surface area contributed by atoms with Crippen molar-refractivity contribution in [3.8, 4) is 5.75 Å². The Morgan fingerprint density at radius 1 is 1.07 bits per heavy atom. The Hall–Kier alpha value is -2.85. The molecule has 0 atom stereocenters. The number of aromatic nitrogens is 1. The molecule has 2 N–H and O–H groups in total. The van der Waals surface area contributed by atoms with Crippen molar-refractivity contribution in [2.45, 2.75) is 54.6 Å². The third-order valence-electron chi connectivity index (χ3n) is 6.14. The van der Waals surface area contributed by atoms with E-state index in [1.54, 1.807) is 53.4 Å². The molecule has 4 aromatic rings. The van der Waals surface area contributed by atoms with E-state index in [-0.39, 0.29) is 33.4 Å². The number of amides is 1. The van der Waals surface area contributed by atoms with Gasteiger partial charge in [0.05, 0.1) is 27.8 Å². The van der Waals surface area contributed by atoms with Gasteiger partial charge in [0.2, 0.25) is 0 Å². The third kappa shape index (κ3) is 8.10. The highest BCUT2D eigenvalue weighted by atomic mass is 35.5. The number of nitrogens with one attached hydrogen (secondary N) is 1. The number of anilines is 1. The number of aromatic hydroxyl groups is 1. The zero-order valence-corrected chi connectivity index (χ0v) is 25.7. The van der Waals surface area contributed by atoms with E-state index in [0.29, 0.717) is 29.2 Å². The molecule has 0 fully saturated rings. The minimum Gasteiger partial charge on any atom is -0.506 e. The van der Waals surface area contributed by atoms with Gasteiger partial charge in [-0.3, -0.25) is 4.79 Å². The van der Waals surface area contributed by atoms with Gasteiger partial charge in [0, 0.05) is 26.3 Å². The normalized spacial score (nSPS) is 11.9. The van der Waals surface area contributed by atoms with Crippen molar-refractivity contribution in [2.75, 3.05) is 11.1 Å². The van der Waals surface area contributed by atoms with Crippen molar-refractivity contribution < 1.29 is 18.3 Å². The van der Waals surface area contributed by atoms with Gasteiger partial charge < -0.3 is 10.4 Å². The van der Waals surface area contributed by atoms with Gasteiger partial charge in [0.25, 0.3) is 5.91 Å². The van der Waals surface area contributed by atoms with Crippen molar-refractivity contribution in [1.82, 2.24) is 4.98 Å². The standard InChI is InChI=1S/C30H31ClN2O4S3/c1-30(2,3)27-18-39-28(33-27)19-38-23-8-4-7-21(17-23)29(35)32-25-16-20(9-14-26(25)34)6-5-15-40(36,37)24-12-10-22(31)11-13-24/h4,7-14,16-18,34H,5-6,15,19H2,1-3H3,(H,32,35). The van der Waals surface area contributed by atoms with Gasteiger partial charge >= 0.3 is 0 Å². The molecule has 0 saturated carbocycles. The van der Waals surface area contributed by atoms with Crippen molar-refractivity contribution >= 4 is 56.1 Å². The number of benzene rings is 3. The first kappa shape index (κ1) is 30.1. The van der Waals surface area contributed by atoms with Gasteiger partial charge in [-0.2, -0.15) is 0 Å². The number of carbonyl (C=O) groups excluding carboxylic acids is 1. The van der Waals surface area contributed by atoms with Gasteiger partial charge in [-0.1, -0.05) is 44.5 Å². The molecule has 1 heterocycles. The molecular weight excluding hydrogens is 584 g/mol. The summed E-state index contributed by atoms with van der Waals surface area (Å²) in [4.78, 5) is 18.9. The molecule has 1 amide bonds. The average Bonchev–Trinajstić information content (AvgIpc) is 3.40. The maximum absolute atomic E-state index is 13.0. The summed E-state index contributed by atoms with van der Waals surface area (Å²) < 4.78 is 25.2. The predicted molar refractivity (Wildman–Crippen MR) is 165 cm³/mol. The van der Waals surface area contributed by atoms with Gasteiger partial charge in [-0.05, 0) is 73.0 Å². The van der Waals surface area contributed by atoms with Crippen LogP contribution in [0.2, 0.25) is 5.02 Å². The van der Waals surface area contributed by atoms with Crippen LogP contribution in [-0.4, -0.2) is 30.2 Å². The van der Waals surface area contributed by atoms with Crippen LogP contribution in [0.4, 0.5) is 5.69 Å². The second-order valence-corrected chi connectivity index (χ2v) is 14.9. The second-order valence-electron chi connectivity index (χ2n) is 10.4. The van der Waals surface area contributed by atoms with Crippen molar-refractivity contribution in [2.24, 2.45) is 0 Å². The lowest BCUT2D eigenvalue weighted by Gasteiger charge is -2.14. The first-order chi connectivity index (χ1) is 18.9. The van der Waals surface area contributed by atoms with Crippen molar-refractivity contribution in [3.63, 3.8) is 0 Å². The summed E-state index contributed by atoms with van der Waals surface area (Å²) in [5.74, 6) is 0.280. The number of sulfone groups is 1. The Bertz CT molecular complexity index is 1590. The molecule has 0 aliphatic rings. The monoisotopic (exact) mass is 614 g/mol. The van der Waals surface area contributed by atoms with Crippen LogP contribution in [0.15, 0.2) is 81.9 Å². The van der Waals surface area contributed by atoms with Crippen LogP contribution in [0.25, 0.3) is 0 Å². The first-order valence-electron chi connectivity index (χ1n) is 12.7. The Labute approximate surface area is 248 Å². The second kappa shape index (κ2) is 12.8. The minimum atomic E-state index is -3.44. The Kier molecular flexibility index (Phi) is 9.61. The molecule has 3 aromatic carbocycles. The summed E-state index contributed by atoms with van der Waals surface area (Å²) in [5, 5.41) is 16.7. The number of rotatable bonds is 10. The molecule has 6 nitrogen and oxygen atoms in total. The number of phenolic OH excluding ortho intramolecular Hbond substituents is 1. The summed E-state index contributed by atoms with van der Waals surface area (Å²) >= 11 is 9.11. The van der Waals surface area contributed by atoms with E-state index in [1.807, 2.05) is 18.2 Å². The van der Waals surface area contributed by atoms with Crippen LogP contribution in [0.3, 0.4) is 0 Å². The van der Waals surface area contributed by atoms with Gasteiger partial charge in [-0.15, -0.1) is 23.1 Å². The number of halogens is 1. The molecule has 0 spiro atoms. The van der Waals surface area contributed by atoms with Crippen LogP contribution in [0, 0.1) is 0 Å². The van der Waals surface area contributed by atoms with Crippen LogP contribution >= 0.6 is 34.7 Å². The molecule has 4 rings (SSSR count). The van der Waals surface area contributed by atoms with Crippen LogP contribution in [0.1, 0.15) is 53.8 Å². The maximum atomic E-state index is 13.0. The van der Waals surface area contributed by atoms with Crippen LogP contribution < -0.4 is 5.32 Å². The molecule has 0 aliphatic heterocycles. The largest absolute Gasteiger partial charge is 0.506 e. The number of aryl methyl sites for hydroxylation is 1. The highest BCUT2D eigenvalue weighted by molar-refractivity contribution is 7.98. The fourth-order valence-corrected chi connectivity index (χ4v) is 7.28. The van der Waals surface area contributed by atoms with E-state index in [0.717, 1.165) is 21.2 Å². The highest BCUT2D eigenvalue weighted by Crippen LogP contribution is 2.30. The zero-order valence-electron chi connectivity index (χ0n) is 22.5. The molecule has 0 unspecified atom stereocenters. The summed E-state index contributed by atoms with van der Waals surface area (Å²) in [6, 6.07) is 18.4.